The first kappa shape index (κ1) is 19.7. The lowest BCUT2D eigenvalue weighted by molar-refractivity contribution is 0.0952. The van der Waals surface area contributed by atoms with Gasteiger partial charge in [0.25, 0.3) is 5.91 Å². The van der Waals surface area contributed by atoms with Crippen LogP contribution in [0, 0.1) is 0 Å². The average Bonchev–Trinajstić information content (AvgIpc) is 2.60. The quantitative estimate of drug-likeness (QED) is 0.637. The van der Waals surface area contributed by atoms with Crippen LogP contribution in [-0.2, 0) is 6.54 Å². The van der Waals surface area contributed by atoms with Gasteiger partial charge in [-0.2, -0.15) is 0 Å². The number of amides is 1. The van der Waals surface area contributed by atoms with Crippen molar-refractivity contribution < 1.29 is 4.79 Å². The van der Waals surface area contributed by atoms with E-state index in [4.69, 9.17) is 0 Å². The van der Waals surface area contributed by atoms with Gasteiger partial charge in [0.05, 0.1) is 0 Å². The van der Waals surface area contributed by atoms with Crippen molar-refractivity contribution in [3.05, 3.63) is 35.4 Å². The van der Waals surface area contributed by atoms with Crippen molar-refractivity contribution in [3.8, 4) is 0 Å². The van der Waals surface area contributed by atoms with Crippen LogP contribution in [0.3, 0.4) is 0 Å². The van der Waals surface area contributed by atoms with Crippen LogP contribution in [0.5, 0.6) is 0 Å². The Labute approximate surface area is 141 Å². The highest BCUT2D eigenvalue weighted by Gasteiger charge is 2.06. The number of nitrogens with zero attached hydrogens (tertiary/aromatic N) is 2. The van der Waals surface area contributed by atoms with E-state index >= 15 is 0 Å². The fraction of sp³-hybridized carbons (Fsp3) is 0.632. The lowest BCUT2D eigenvalue weighted by Crippen LogP contribution is -2.29. The average molecular weight is 319 g/mol. The molecule has 0 aliphatic carbocycles. The molecule has 1 amide bonds. The highest BCUT2D eigenvalue weighted by Crippen LogP contribution is 2.07. The van der Waals surface area contributed by atoms with Crippen molar-refractivity contribution in [1.82, 2.24) is 15.1 Å². The number of hydrogen-bond donors (Lipinski definition) is 1. The summed E-state index contributed by atoms with van der Waals surface area (Å²) in [6.45, 7) is 15.6. The second-order valence-electron chi connectivity index (χ2n) is 5.79. The molecule has 0 saturated heterocycles. The SMILES string of the molecule is CCN(CC)CCCNC(=O)c1ccc(CN(CC)CC)cc1. The van der Waals surface area contributed by atoms with Crippen LogP contribution in [0.25, 0.3) is 0 Å². The molecule has 0 saturated carbocycles. The zero-order valence-corrected chi connectivity index (χ0v) is 15.3. The number of nitrogens with one attached hydrogen (secondary N) is 1. The molecule has 1 N–H and O–H groups in total. The predicted molar refractivity (Wildman–Crippen MR) is 97.8 cm³/mol. The molecule has 0 spiro atoms. The standard InChI is InChI=1S/C19H33N3O/c1-5-21(6-2)15-9-14-20-19(23)18-12-10-17(11-13-18)16-22(7-3)8-4/h10-13H,5-9,14-16H2,1-4H3,(H,20,23). The van der Waals surface area contributed by atoms with Gasteiger partial charge in [0.2, 0.25) is 0 Å². The Morgan fingerprint density at radius 3 is 2.00 bits per heavy atom. The van der Waals surface area contributed by atoms with Gasteiger partial charge in [-0.3, -0.25) is 9.69 Å². The van der Waals surface area contributed by atoms with E-state index in [0.29, 0.717) is 0 Å². The maximum atomic E-state index is 12.1. The van der Waals surface area contributed by atoms with Gasteiger partial charge in [-0.05, 0) is 56.8 Å². The summed E-state index contributed by atoms with van der Waals surface area (Å²) in [6.07, 6.45) is 0.994. The lowest BCUT2D eigenvalue weighted by atomic mass is 10.1. The van der Waals surface area contributed by atoms with E-state index in [1.54, 1.807) is 0 Å². The molecular formula is C19H33N3O. The molecule has 23 heavy (non-hydrogen) atoms. The van der Waals surface area contributed by atoms with Crippen molar-refractivity contribution in [1.29, 1.82) is 0 Å². The molecule has 130 valence electrons. The summed E-state index contributed by atoms with van der Waals surface area (Å²) in [5.41, 5.74) is 2.00. The first-order chi connectivity index (χ1) is 11.1. The smallest absolute Gasteiger partial charge is 0.251 e. The van der Waals surface area contributed by atoms with Gasteiger partial charge in [-0.1, -0.05) is 39.8 Å². The highest BCUT2D eigenvalue weighted by atomic mass is 16.1. The molecule has 1 aromatic rings. The zero-order chi connectivity index (χ0) is 17.1. The first-order valence-corrected chi connectivity index (χ1v) is 8.96. The minimum absolute atomic E-state index is 0.0268. The molecule has 1 aromatic carbocycles. The van der Waals surface area contributed by atoms with E-state index in [2.05, 4.69) is 54.9 Å². The Balaban J connectivity index is 2.39. The van der Waals surface area contributed by atoms with Gasteiger partial charge in [0.15, 0.2) is 0 Å². The molecule has 0 bridgehead atoms. The molecule has 0 aromatic heterocycles. The van der Waals surface area contributed by atoms with Gasteiger partial charge < -0.3 is 10.2 Å². The summed E-state index contributed by atoms with van der Waals surface area (Å²) in [5, 5.41) is 3.01. The van der Waals surface area contributed by atoms with Crippen LogP contribution in [-0.4, -0.2) is 55.0 Å². The summed E-state index contributed by atoms with van der Waals surface area (Å²) in [6, 6.07) is 7.98. The van der Waals surface area contributed by atoms with Crippen molar-refractivity contribution in [3.63, 3.8) is 0 Å². The van der Waals surface area contributed by atoms with Crippen molar-refractivity contribution in [2.24, 2.45) is 0 Å². The topological polar surface area (TPSA) is 35.6 Å². The number of carbonyl (C=O) groups is 1. The number of hydrogen-bond acceptors (Lipinski definition) is 3. The van der Waals surface area contributed by atoms with Gasteiger partial charge in [0, 0.05) is 18.7 Å². The molecule has 0 heterocycles. The fourth-order valence-electron chi connectivity index (χ4n) is 2.61. The monoisotopic (exact) mass is 319 g/mol. The van der Waals surface area contributed by atoms with E-state index in [1.807, 2.05) is 12.1 Å². The van der Waals surface area contributed by atoms with E-state index in [1.165, 1.54) is 5.56 Å². The van der Waals surface area contributed by atoms with Crippen molar-refractivity contribution >= 4 is 5.91 Å². The van der Waals surface area contributed by atoms with Crippen LogP contribution < -0.4 is 5.32 Å². The van der Waals surface area contributed by atoms with Gasteiger partial charge in [-0.15, -0.1) is 0 Å². The van der Waals surface area contributed by atoms with Crippen LogP contribution in [0.1, 0.15) is 50.0 Å². The molecule has 4 nitrogen and oxygen atoms in total. The normalized spacial score (nSPS) is 11.2. The molecule has 0 aliphatic heterocycles. The largest absolute Gasteiger partial charge is 0.352 e. The number of rotatable bonds is 11. The third-order valence-electron chi connectivity index (χ3n) is 4.35. The van der Waals surface area contributed by atoms with Crippen LogP contribution in [0.4, 0.5) is 0 Å². The van der Waals surface area contributed by atoms with E-state index < -0.39 is 0 Å². The number of carbonyl (C=O) groups excluding carboxylic acids is 1. The minimum atomic E-state index is 0.0268. The summed E-state index contributed by atoms with van der Waals surface area (Å²) < 4.78 is 0. The minimum Gasteiger partial charge on any atom is -0.352 e. The molecule has 0 atom stereocenters. The summed E-state index contributed by atoms with van der Waals surface area (Å²) in [4.78, 5) is 16.9. The fourth-order valence-corrected chi connectivity index (χ4v) is 2.61. The van der Waals surface area contributed by atoms with Gasteiger partial charge in [-0.25, -0.2) is 0 Å². The van der Waals surface area contributed by atoms with E-state index in [0.717, 1.165) is 57.8 Å². The first-order valence-electron chi connectivity index (χ1n) is 8.96. The predicted octanol–water partition coefficient (Wildman–Crippen LogP) is 2.99. The summed E-state index contributed by atoms with van der Waals surface area (Å²) >= 11 is 0. The van der Waals surface area contributed by atoms with Crippen molar-refractivity contribution in [2.45, 2.75) is 40.7 Å². The maximum absolute atomic E-state index is 12.1. The summed E-state index contributed by atoms with van der Waals surface area (Å²) in [5.74, 6) is 0.0268. The van der Waals surface area contributed by atoms with Crippen LogP contribution in [0.15, 0.2) is 24.3 Å². The highest BCUT2D eigenvalue weighted by molar-refractivity contribution is 5.94. The van der Waals surface area contributed by atoms with Crippen LogP contribution in [0.2, 0.25) is 0 Å². The Morgan fingerprint density at radius 1 is 0.913 bits per heavy atom. The Bertz CT molecular complexity index is 436. The van der Waals surface area contributed by atoms with E-state index in [-0.39, 0.29) is 5.91 Å². The van der Waals surface area contributed by atoms with Crippen molar-refractivity contribution in [2.75, 3.05) is 39.3 Å². The molecule has 0 unspecified atom stereocenters. The van der Waals surface area contributed by atoms with Gasteiger partial charge in [0.1, 0.15) is 0 Å². The molecule has 1 rings (SSSR count). The van der Waals surface area contributed by atoms with Crippen LogP contribution >= 0.6 is 0 Å². The molecule has 4 heteroatoms. The third-order valence-corrected chi connectivity index (χ3v) is 4.35. The molecular weight excluding hydrogens is 286 g/mol. The second-order valence-corrected chi connectivity index (χ2v) is 5.79. The third kappa shape index (κ3) is 7.14. The molecule has 0 radical (unpaired) electrons. The zero-order valence-electron chi connectivity index (χ0n) is 15.3. The van der Waals surface area contributed by atoms with E-state index in [9.17, 15) is 4.79 Å². The second kappa shape index (κ2) is 11.2. The summed E-state index contributed by atoms with van der Waals surface area (Å²) in [7, 11) is 0. The maximum Gasteiger partial charge on any atom is 0.251 e. The van der Waals surface area contributed by atoms with Gasteiger partial charge >= 0.3 is 0 Å². The Morgan fingerprint density at radius 2 is 1.48 bits per heavy atom. The Kier molecular flexibility index (Phi) is 9.57. The lowest BCUT2D eigenvalue weighted by Gasteiger charge is -2.18. The Hall–Kier alpha value is -1.39. The molecule has 0 aliphatic rings. The molecule has 0 fully saturated rings. The number of benzene rings is 1.